The van der Waals surface area contributed by atoms with Gasteiger partial charge in [0.2, 0.25) is 11.8 Å². The largest absolute Gasteiger partial charge is 0.354 e. The number of hydrogen-bond donors (Lipinski definition) is 1. The van der Waals surface area contributed by atoms with E-state index in [4.69, 9.17) is 0 Å². The summed E-state index contributed by atoms with van der Waals surface area (Å²) >= 11 is 0. The number of rotatable bonds is 12. The van der Waals surface area contributed by atoms with Crippen LogP contribution in [0, 0.1) is 18.7 Å². The summed E-state index contributed by atoms with van der Waals surface area (Å²) < 4.78 is 41.8. The Kier molecular flexibility index (Phi) is 10.4. The molecule has 0 heterocycles. The van der Waals surface area contributed by atoms with Gasteiger partial charge in [-0.05, 0) is 54.7 Å². The van der Waals surface area contributed by atoms with Gasteiger partial charge in [0.15, 0.2) is 0 Å². The fourth-order valence-corrected chi connectivity index (χ4v) is 4.69. The second-order valence-electron chi connectivity index (χ2n) is 9.28. The molecule has 1 N–H and O–H groups in total. The van der Waals surface area contributed by atoms with Crippen LogP contribution in [0.4, 0.5) is 10.1 Å². The highest BCUT2D eigenvalue weighted by Crippen LogP contribution is 2.22. The van der Waals surface area contributed by atoms with E-state index in [0.717, 1.165) is 31.9 Å². The van der Waals surface area contributed by atoms with Crippen molar-refractivity contribution in [3.63, 3.8) is 0 Å². The van der Waals surface area contributed by atoms with Crippen molar-refractivity contribution in [3.8, 4) is 0 Å². The third kappa shape index (κ3) is 7.51. The number of carbonyl (C=O) groups excluding carboxylic acids is 2. The predicted molar refractivity (Wildman–Crippen MR) is 140 cm³/mol. The highest BCUT2D eigenvalue weighted by molar-refractivity contribution is 7.90. The van der Waals surface area contributed by atoms with Crippen LogP contribution in [0.25, 0.3) is 0 Å². The first-order chi connectivity index (χ1) is 16.9. The van der Waals surface area contributed by atoms with Gasteiger partial charge in [0.1, 0.15) is 18.4 Å². The van der Waals surface area contributed by atoms with Gasteiger partial charge in [-0.2, -0.15) is 12.7 Å². The number of benzene rings is 2. The van der Waals surface area contributed by atoms with Crippen LogP contribution in [0.1, 0.15) is 38.3 Å². The molecular weight excluding hydrogens is 483 g/mol. The van der Waals surface area contributed by atoms with E-state index in [1.807, 2.05) is 52.0 Å². The molecule has 0 aromatic heterocycles. The van der Waals surface area contributed by atoms with Crippen LogP contribution in [0.3, 0.4) is 0 Å². The van der Waals surface area contributed by atoms with Crippen molar-refractivity contribution in [1.29, 1.82) is 0 Å². The summed E-state index contributed by atoms with van der Waals surface area (Å²) in [7, 11) is -1.38. The minimum atomic E-state index is -4.09. The van der Waals surface area contributed by atoms with Gasteiger partial charge in [-0.3, -0.25) is 9.59 Å². The van der Waals surface area contributed by atoms with E-state index in [2.05, 4.69) is 5.32 Å². The lowest BCUT2D eigenvalue weighted by atomic mass is 10.1. The summed E-state index contributed by atoms with van der Waals surface area (Å²) in [6, 6.07) is 11.6. The van der Waals surface area contributed by atoms with Crippen molar-refractivity contribution >= 4 is 27.7 Å². The van der Waals surface area contributed by atoms with Gasteiger partial charge in [-0.15, -0.1) is 0 Å². The Hall–Kier alpha value is -2.98. The lowest BCUT2D eigenvalue weighted by Gasteiger charge is -2.34. The summed E-state index contributed by atoms with van der Waals surface area (Å²) in [6.07, 6.45) is 0.346. The van der Waals surface area contributed by atoms with E-state index in [1.165, 1.54) is 31.1 Å². The number of nitrogens with one attached hydrogen (secondary N) is 1. The normalized spacial score (nSPS) is 12.5. The van der Waals surface area contributed by atoms with Gasteiger partial charge in [-0.25, -0.2) is 8.70 Å². The molecule has 0 aliphatic carbocycles. The third-order valence-electron chi connectivity index (χ3n) is 5.81. The molecule has 2 rings (SSSR count). The Morgan fingerprint density at radius 3 is 2.17 bits per heavy atom. The van der Waals surface area contributed by atoms with Gasteiger partial charge in [0.25, 0.3) is 0 Å². The summed E-state index contributed by atoms with van der Waals surface area (Å²) in [5.41, 5.74) is 1.94. The van der Waals surface area contributed by atoms with E-state index in [-0.39, 0.29) is 24.1 Å². The maximum absolute atomic E-state index is 13.8. The summed E-state index contributed by atoms with van der Waals surface area (Å²) in [4.78, 5) is 28.3. The first kappa shape index (κ1) is 29.3. The maximum Gasteiger partial charge on any atom is 0.304 e. The van der Waals surface area contributed by atoms with Crippen LogP contribution >= 0.6 is 0 Å². The number of amides is 2. The molecule has 0 spiro atoms. The molecule has 0 aliphatic heterocycles. The first-order valence-electron chi connectivity index (χ1n) is 12.0. The van der Waals surface area contributed by atoms with Crippen molar-refractivity contribution in [2.24, 2.45) is 5.92 Å². The van der Waals surface area contributed by atoms with Crippen molar-refractivity contribution in [1.82, 2.24) is 14.5 Å². The lowest BCUT2D eigenvalue weighted by Crippen LogP contribution is -2.53. The Bertz CT molecular complexity index is 1140. The monoisotopic (exact) mass is 520 g/mol. The quantitative estimate of drug-likeness (QED) is 0.465. The van der Waals surface area contributed by atoms with Crippen LogP contribution in [0.15, 0.2) is 48.5 Å². The zero-order chi connectivity index (χ0) is 27.0. The Balaban J connectivity index is 2.49. The molecule has 0 unspecified atom stereocenters. The van der Waals surface area contributed by atoms with Gasteiger partial charge >= 0.3 is 10.2 Å². The Morgan fingerprint density at radius 1 is 1.03 bits per heavy atom. The third-order valence-corrected chi connectivity index (χ3v) is 7.63. The van der Waals surface area contributed by atoms with Crippen molar-refractivity contribution in [3.05, 3.63) is 65.5 Å². The second kappa shape index (κ2) is 12.8. The van der Waals surface area contributed by atoms with Crippen LogP contribution in [0.2, 0.25) is 0 Å². The minimum Gasteiger partial charge on any atom is -0.354 e. The average Bonchev–Trinajstić information content (AvgIpc) is 2.82. The molecule has 0 saturated heterocycles. The first-order valence-corrected chi connectivity index (χ1v) is 13.4. The molecule has 10 heteroatoms. The van der Waals surface area contributed by atoms with Crippen molar-refractivity contribution in [2.75, 3.05) is 31.5 Å². The van der Waals surface area contributed by atoms with E-state index in [1.54, 1.807) is 0 Å². The molecule has 0 bridgehead atoms. The SMILES string of the molecule is CC[C@H](C(=O)NCC(C)C)N(Cc1ccccc1C)C(=O)CN(c1ccc(F)cc1)S(=O)(=O)N(C)C. The van der Waals surface area contributed by atoms with E-state index >= 15 is 0 Å². The van der Waals surface area contributed by atoms with E-state index in [9.17, 15) is 22.4 Å². The van der Waals surface area contributed by atoms with Crippen LogP contribution in [-0.4, -0.2) is 62.7 Å². The van der Waals surface area contributed by atoms with Crippen LogP contribution in [-0.2, 0) is 26.3 Å². The fraction of sp³-hybridized carbons (Fsp3) is 0.462. The number of hydrogen-bond acceptors (Lipinski definition) is 4. The topological polar surface area (TPSA) is 90.0 Å². The highest BCUT2D eigenvalue weighted by atomic mass is 32.2. The molecule has 36 heavy (non-hydrogen) atoms. The Morgan fingerprint density at radius 2 is 1.64 bits per heavy atom. The van der Waals surface area contributed by atoms with Crippen LogP contribution < -0.4 is 9.62 Å². The molecule has 0 saturated carbocycles. The standard InChI is InChI=1S/C26H37FN4O4S/c1-7-24(26(33)28-16-19(2)3)30(17-21-11-9-8-10-20(21)4)25(32)18-31(36(34,35)29(5)6)23-14-12-22(27)13-15-23/h8-15,19,24H,7,16-18H2,1-6H3,(H,28,33)/t24-/m1/s1. The molecule has 0 fully saturated rings. The van der Waals surface area contributed by atoms with Gasteiger partial charge in [-0.1, -0.05) is 45.0 Å². The molecule has 0 aliphatic rings. The lowest BCUT2D eigenvalue weighted by molar-refractivity contribution is -0.140. The number of nitrogens with zero attached hydrogens (tertiary/aromatic N) is 3. The maximum atomic E-state index is 13.8. The average molecular weight is 521 g/mol. The molecule has 2 amide bonds. The minimum absolute atomic E-state index is 0.137. The molecule has 1 atom stereocenters. The molecule has 2 aromatic carbocycles. The summed E-state index contributed by atoms with van der Waals surface area (Å²) in [5, 5.41) is 2.89. The molecule has 198 valence electrons. The zero-order valence-corrected chi connectivity index (χ0v) is 22.7. The molecule has 8 nitrogen and oxygen atoms in total. The summed E-state index contributed by atoms with van der Waals surface area (Å²) in [5.74, 6) is -1.14. The Labute approximate surface area is 214 Å². The fourth-order valence-electron chi connectivity index (χ4n) is 3.64. The highest BCUT2D eigenvalue weighted by Gasteiger charge is 2.34. The number of halogens is 1. The molecular formula is C26H37FN4O4S. The van der Waals surface area contributed by atoms with Crippen LogP contribution in [0.5, 0.6) is 0 Å². The number of carbonyl (C=O) groups is 2. The van der Waals surface area contributed by atoms with Gasteiger partial charge in [0.05, 0.1) is 5.69 Å². The molecule has 0 radical (unpaired) electrons. The number of aryl methyl sites for hydroxylation is 1. The number of anilines is 1. The van der Waals surface area contributed by atoms with E-state index in [0.29, 0.717) is 13.0 Å². The zero-order valence-electron chi connectivity index (χ0n) is 21.9. The smallest absolute Gasteiger partial charge is 0.304 e. The van der Waals surface area contributed by atoms with Gasteiger partial charge < -0.3 is 10.2 Å². The van der Waals surface area contributed by atoms with Gasteiger partial charge in [0, 0.05) is 27.2 Å². The summed E-state index contributed by atoms with van der Waals surface area (Å²) in [6.45, 7) is 7.72. The molecule has 2 aromatic rings. The second-order valence-corrected chi connectivity index (χ2v) is 11.4. The predicted octanol–water partition coefficient (Wildman–Crippen LogP) is 3.33. The van der Waals surface area contributed by atoms with Crippen molar-refractivity contribution < 1.29 is 22.4 Å². The van der Waals surface area contributed by atoms with Crippen molar-refractivity contribution in [2.45, 2.75) is 46.7 Å². The van der Waals surface area contributed by atoms with E-state index < -0.39 is 34.5 Å².